The zero-order valence-corrected chi connectivity index (χ0v) is 19.0. The summed E-state index contributed by atoms with van der Waals surface area (Å²) in [5.41, 5.74) is 8.57. The number of fused-ring (bicyclic) bond motifs is 1. The van der Waals surface area contributed by atoms with Gasteiger partial charge in [0.25, 0.3) is 0 Å². The van der Waals surface area contributed by atoms with Gasteiger partial charge in [-0.15, -0.1) is 0 Å². The van der Waals surface area contributed by atoms with Crippen molar-refractivity contribution in [1.29, 1.82) is 0 Å². The van der Waals surface area contributed by atoms with Crippen LogP contribution < -0.4 is 15.2 Å². The molecule has 1 saturated heterocycles. The molecule has 1 fully saturated rings. The molecule has 0 radical (unpaired) electrons. The third-order valence-electron chi connectivity index (χ3n) is 5.72. The highest BCUT2D eigenvalue weighted by Gasteiger charge is 2.30. The number of nitrogens with zero attached hydrogens (tertiary/aromatic N) is 5. The quantitative estimate of drug-likeness (QED) is 0.474. The first-order valence-electron chi connectivity index (χ1n) is 10.7. The highest BCUT2D eigenvalue weighted by Crippen LogP contribution is 2.29. The predicted octanol–water partition coefficient (Wildman–Crippen LogP) is 2.57. The maximum Gasteiger partial charge on any atom is 0.249 e. The number of hydrogen-bond donors (Lipinski definition) is 1. The molecular weight excluding hydrogens is 420 g/mol. The monoisotopic (exact) mass is 446 g/mol. The average Bonchev–Trinajstić information content (AvgIpc) is 3.47. The summed E-state index contributed by atoms with van der Waals surface area (Å²) >= 11 is 0. The fourth-order valence-corrected chi connectivity index (χ4v) is 3.85. The molecule has 0 bridgehead atoms. The van der Waals surface area contributed by atoms with Gasteiger partial charge < -0.3 is 20.1 Å². The van der Waals surface area contributed by atoms with Crippen molar-refractivity contribution in [2.24, 2.45) is 0 Å². The van der Waals surface area contributed by atoms with E-state index in [2.05, 4.69) is 28.4 Å². The lowest BCUT2D eigenvalue weighted by Crippen LogP contribution is -2.30. The number of nitrogen functional groups attached to an aromatic ring is 1. The van der Waals surface area contributed by atoms with Crippen molar-refractivity contribution in [1.82, 2.24) is 24.6 Å². The van der Waals surface area contributed by atoms with Crippen LogP contribution in [0.3, 0.4) is 0 Å². The molecule has 33 heavy (non-hydrogen) atoms. The largest absolute Gasteiger partial charge is 0.497 e. The van der Waals surface area contributed by atoms with E-state index in [9.17, 15) is 4.79 Å². The Morgan fingerprint density at radius 3 is 2.61 bits per heavy atom. The molecule has 170 valence electrons. The minimum Gasteiger partial charge on any atom is -0.497 e. The molecule has 0 aliphatic carbocycles. The van der Waals surface area contributed by atoms with Gasteiger partial charge in [-0.05, 0) is 30.9 Å². The molecule has 1 aliphatic heterocycles. The van der Waals surface area contributed by atoms with E-state index in [-0.39, 0.29) is 11.9 Å². The summed E-state index contributed by atoms with van der Waals surface area (Å²) in [5, 5.41) is 5.33. The summed E-state index contributed by atoms with van der Waals surface area (Å²) in [6.07, 6.45) is 2.80. The topological polar surface area (TPSA) is 108 Å². The molecule has 2 aromatic heterocycles. The van der Waals surface area contributed by atoms with E-state index < -0.39 is 0 Å². The Morgan fingerprint density at radius 1 is 1.21 bits per heavy atom. The Bertz CT molecular complexity index is 1260. The first-order valence-corrected chi connectivity index (χ1v) is 10.7. The first kappa shape index (κ1) is 22.1. The second-order valence-electron chi connectivity index (χ2n) is 7.75. The minimum atomic E-state index is -0.0390. The average molecular weight is 447 g/mol. The maximum absolute atomic E-state index is 12.5. The Morgan fingerprint density at radius 2 is 1.94 bits per heavy atom. The van der Waals surface area contributed by atoms with E-state index in [4.69, 9.17) is 20.3 Å². The Hall–Kier alpha value is -4.06. The van der Waals surface area contributed by atoms with E-state index in [0.29, 0.717) is 64.7 Å². The second kappa shape index (κ2) is 9.20. The van der Waals surface area contributed by atoms with Crippen molar-refractivity contribution in [2.75, 3.05) is 33.0 Å². The number of likely N-dealkylation sites (tertiary alicyclic amines) is 1. The molecule has 0 spiro atoms. The maximum atomic E-state index is 12.5. The lowest BCUT2D eigenvalue weighted by molar-refractivity contribution is -0.126. The standard InChI is InChI=1S/C24H26N6O3/c1-5-15(2)24(31)29-9-8-17(13-29)30-23-21(22(25)26-14-27-23)20(28-30)7-6-16-10-18(32-3)12-19(11-16)33-4/h10-12,14,17H,2,5,8-9,13H2,1,3-4H3,(H2,25,26,27). The minimum absolute atomic E-state index is 0.0161. The van der Waals surface area contributed by atoms with E-state index in [1.807, 2.05) is 28.6 Å². The molecule has 3 heterocycles. The Balaban J connectivity index is 1.71. The molecule has 0 saturated carbocycles. The molecule has 9 heteroatoms. The normalized spacial score (nSPS) is 15.2. The van der Waals surface area contributed by atoms with Crippen LogP contribution in [0.4, 0.5) is 5.82 Å². The number of nitrogens with two attached hydrogens (primary N) is 1. The molecule has 1 unspecified atom stereocenters. The summed E-state index contributed by atoms with van der Waals surface area (Å²) < 4.78 is 12.4. The van der Waals surface area contributed by atoms with Crippen LogP contribution in [-0.4, -0.2) is 57.9 Å². The van der Waals surface area contributed by atoms with Gasteiger partial charge in [-0.3, -0.25) is 4.79 Å². The van der Waals surface area contributed by atoms with Crippen molar-refractivity contribution in [2.45, 2.75) is 25.8 Å². The van der Waals surface area contributed by atoms with E-state index >= 15 is 0 Å². The van der Waals surface area contributed by atoms with Crippen molar-refractivity contribution in [3.8, 4) is 23.3 Å². The van der Waals surface area contributed by atoms with Crippen molar-refractivity contribution in [3.05, 3.63) is 47.9 Å². The number of carbonyl (C=O) groups is 1. The molecular formula is C24H26N6O3. The fraction of sp³-hybridized carbons (Fsp3) is 0.333. The molecule has 1 aromatic carbocycles. The van der Waals surface area contributed by atoms with Crippen molar-refractivity contribution in [3.63, 3.8) is 0 Å². The number of anilines is 1. The van der Waals surface area contributed by atoms with Crippen LogP contribution in [0.15, 0.2) is 36.7 Å². The van der Waals surface area contributed by atoms with Crippen LogP contribution in [-0.2, 0) is 4.79 Å². The van der Waals surface area contributed by atoms with E-state index in [1.54, 1.807) is 20.3 Å². The van der Waals surface area contributed by atoms with Crippen LogP contribution >= 0.6 is 0 Å². The van der Waals surface area contributed by atoms with Crippen LogP contribution in [0.1, 0.15) is 37.1 Å². The third kappa shape index (κ3) is 4.32. The van der Waals surface area contributed by atoms with E-state index in [0.717, 1.165) is 6.42 Å². The van der Waals surface area contributed by atoms with Crippen LogP contribution in [0.2, 0.25) is 0 Å². The summed E-state index contributed by atoms with van der Waals surface area (Å²) in [6, 6.07) is 5.37. The molecule has 1 amide bonds. The number of benzene rings is 1. The number of amides is 1. The molecule has 3 aromatic rings. The number of hydrogen-bond acceptors (Lipinski definition) is 7. The highest BCUT2D eigenvalue weighted by atomic mass is 16.5. The van der Waals surface area contributed by atoms with Crippen LogP contribution in [0.5, 0.6) is 11.5 Å². The third-order valence-corrected chi connectivity index (χ3v) is 5.72. The first-order chi connectivity index (χ1) is 15.9. The van der Waals surface area contributed by atoms with Gasteiger partial charge in [-0.1, -0.05) is 19.4 Å². The summed E-state index contributed by atoms with van der Waals surface area (Å²) in [7, 11) is 3.18. The SMILES string of the molecule is C=C(CC)C(=O)N1CCC(n2nc(C#Cc3cc(OC)cc(OC)c3)c3c(N)ncnc32)C1. The number of ether oxygens (including phenoxy) is 2. The van der Waals surface area contributed by atoms with Crippen LogP contribution in [0.25, 0.3) is 11.0 Å². The zero-order chi connectivity index (χ0) is 23.5. The summed E-state index contributed by atoms with van der Waals surface area (Å²) in [4.78, 5) is 22.9. The summed E-state index contributed by atoms with van der Waals surface area (Å²) in [6.45, 7) is 6.96. The van der Waals surface area contributed by atoms with Gasteiger partial charge in [-0.25, -0.2) is 14.6 Å². The van der Waals surface area contributed by atoms with Crippen molar-refractivity contribution < 1.29 is 14.3 Å². The van der Waals surface area contributed by atoms with Gasteiger partial charge in [0.1, 0.15) is 29.3 Å². The predicted molar refractivity (Wildman–Crippen MR) is 125 cm³/mol. The second-order valence-corrected chi connectivity index (χ2v) is 7.75. The number of methoxy groups -OCH3 is 2. The van der Waals surface area contributed by atoms with E-state index in [1.165, 1.54) is 6.33 Å². The van der Waals surface area contributed by atoms with Gasteiger partial charge in [0, 0.05) is 30.3 Å². The molecule has 9 nitrogen and oxygen atoms in total. The van der Waals surface area contributed by atoms with Gasteiger partial charge in [0.15, 0.2) is 5.65 Å². The van der Waals surface area contributed by atoms with Gasteiger partial charge in [-0.2, -0.15) is 5.10 Å². The Labute approximate surface area is 192 Å². The number of carbonyl (C=O) groups excluding carboxylic acids is 1. The molecule has 4 rings (SSSR count). The number of rotatable bonds is 5. The highest BCUT2D eigenvalue weighted by molar-refractivity contribution is 5.93. The van der Waals surface area contributed by atoms with Gasteiger partial charge in [0.2, 0.25) is 5.91 Å². The Kier molecular flexibility index (Phi) is 6.18. The van der Waals surface area contributed by atoms with Gasteiger partial charge >= 0.3 is 0 Å². The number of aromatic nitrogens is 4. The van der Waals surface area contributed by atoms with Crippen molar-refractivity contribution >= 4 is 22.8 Å². The smallest absolute Gasteiger partial charge is 0.249 e. The lowest BCUT2D eigenvalue weighted by atomic mass is 10.2. The zero-order valence-electron chi connectivity index (χ0n) is 19.0. The van der Waals surface area contributed by atoms with Crippen LogP contribution in [0, 0.1) is 11.8 Å². The van der Waals surface area contributed by atoms with Gasteiger partial charge in [0.05, 0.1) is 25.6 Å². The molecule has 1 aliphatic rings. The lowest BCUT2D eigenvalue weighted by Gasteiger charge is -2.17. The fourth-order valence-electron chi connectivity index (χ4n) is 3.85. The molecule has 1 atom stereocenters. The molecule has 2 N–H and O–H groups in total. The summed E-state index contributed by atoms with van der Waals surface area (Å²) in [5.74, 6) is 7.79.